The lowest BCUT2D eigenvalue weighted by atomic mass is 9.96. The van der Waals surface area contributed by atoms with Gasteiger partial charge in [0.1, 0.15) is 10.7 Å². The highest BCUT2D eigenvalue weighted by Crippen LogP contribution is 2.25. The molecule has 1 heterocycles. The predicted octanol–water partition coefficient (Wildman–Crippen LogP) is 2.14. The second kappa shape index (κ2) is 10.4. The fourth-order valence-corrected chi connectivity index (χ4v) is 4.79. The molecule has 154 valence electrons. The van der Waals surface area contributed by atoms with Crippen molar-refractivity contribution < 1.29 is 17.6 Å². The number of nitrogens with two attached hydrogens (primary N) is 1. The Morgan fingerprint density at radius 3 is 2.41 bits per heavy atom. The molecule has 0 saturated carbocycles. The highest BCUT2D eigenvalue weighted by molar-refractivity contribution is 7.89. The van der Waals surface area contributed by atoms with Crippen molar-refractivity contribution in [2.24, 2.45) is 17.6 Å². The molecule has 1 aromatic carbocycles. The Morgan fingerprint density at radius 2 is 1.89 bits per heavy atom. The number of sulfonamides is 1. The summed E-state index contributed by atoms with van der Waals surface area (Å²) in [4.78, 5) is 12.1. The molecule has 9 heteroatoms. The van der Waals surface area contributed by atoms with E-state index in [4.69, 9.17) is 5.73 Å². The zero-order valence-electron chi connectivity index (χ0n) is 15.7. The molecule has 1 saturated heterocycles. The van der Waals surface area contributed by atoms with Crippen LogP contribution in [0.25, 0.3) is 0 Å². The third-order valence-corrected chi connectivity index (χ3v) is 6.60. The summed E-state index contributed by atoms with van der Waals surface area (Å²) in [6.45, 7) is 4.92. The van der Waals surface area contributed by atoms with Crippen molar-refractivity contribution in [1.82, 2.24) is 9.62 Å². The molecule has 27 heavy (non-hydrogen) atoms. The smallest absolute Gasteiger partial charge is 0.245 e. The van der Waals surface area contributed by atoms with Crippen molar-refractivity contribution in [2.75, 3.05) is 19.6 Å². The van der Waals surface area contributed by atoms with Crippen LogP contribution in [0.4, 0.5) is 4.39 Å². The number of nitrogens with one attached hydrogen (secondary N) is 1. The number of nitrogens with zero attached hydrogens (tertiary/aromatic N) is 1. The quantitative estimate of drug-likeness (QED) is 0.705. The lowest BCUT2D eigenvalue weighted by Crippen LogP contribution is -2.47. The topological polar surface area (TPSA) is 92.5 Å². The molecule has 1 fully saturated rings. The van der Waals surface area contributed by atoms with Crippen LogP contribution in [0, 0.1) is 17.7 Å². The minimum atomic E-state index is -3.88. The number of hydrogen-bond acceptors (Lipinski definition) is 4. The lowest BCUT2D eigenvalue weighted by molar-refractivity contribution is -0.126. The van der Waals surface area contributed by atoms with Crippen molar-refractivity contribution in [3.63, 3.8) is 0 Å². The van der Waals surface area contributed by atoms with Gasteiger partial charge in [-0.1, -0.05) is 26.0 Å². The van der Waals surface area contributed by atoms with Gasteiger partial charge in [0.05, 0.1) is 0 Å². The van der Waals surface area contributed by atoms with E-state index in [2.05, 4.69) is 19.2 Å². The summed E-state index contributed by atoms with van der Waals surface area (Å²) in [5.74, 6) is -0.657. The van der Waals surface area contributed by atoms with Gasteiger partial charge in [0.25, 0.3) is 0 Å². The van der Waals surface area contributed by atoms with Gasteiger partial charge in [-0.15, -0.1) is 12.4 Å². The molecule has 6 nitrogen and oxygen atoms in total. The fraction of sp³-hybridized carbons (Fsp3) is 0.611. The van der Waals surface area contributed by atoms with E-state index in [1.54, 1.807) is 0 Å². The summed E-state index contributed by atoms with van der Waals surface area (Å²) in [5.41, 5.74) is 5.72. The number of amides is 1. The average Bonchev–Trinajstić information content (AvgIpc) is 2.61. The number of hydrogen-bond donors (Lipinski definition) is 2. The van der Waals surface area contributed by atoms with Gasteiger partial charge in [-0.2, -0.15) is 4.31 Å². The van der Waals surface area contributed by atoms with Gasteiger partial charge in [0.15, 0.2) is 0 Å². The van der Waals surface area contributed by atoms with E-state index < -0.39 is 15.8 Å². The summed E-state index contributed by atoms with van der Waals surface area (Å²) in [5, 5.41) is 2.97. The summed E-state index contributed by atoms with van der Waals surface area (Å²) >= 11 is 0. The van der Waals surface area contributed by atoms with Gasteiger partial charge < -0.3 is 11.1 Å². The van der Waals surface area contributed by atoms with E-state index in [0.717, 1.165) is 12.5 Å². The standard InChI is InChI=1S/C18H28FN3O3S.ClH/c1-13(2)11-15(12-20)21-18(23)14-7-9-22(10-8-14)26(24,25)17-6-4-3-5-16(17)19;/h3-6,13-15H,7-12,20H2,1-2H3,(H,21,23);1H. The Morgan fingerprint density at radius 1 is 1.30 bits per heavy atom. The van der Waals surface area contributed by atoms with E-state index in [1.165, 1.54) is 22.5 Å². The number of rotatable bonds is 7. The number of halogens is 2. The molecule has 3 N–H and O–H groups in total. The Labute approximate surface area is 167 Å². The van der Waals surface area contributed by atoms with Crippen molar-refractivity contribution in [2.45, 2.75) is 44.0 Å². The van der Waals surface area contributed by atoms with Gasteiger partial charge in [0, 0.05) is 31.6 Å². The zero-order valence-corrected chi connectivity index (χ0v) is 17.4. The molecule has 1 aliphatic rings. The SMILES string of the molecule is CC(C)CC(CN)NC(=O)C1CCN(S(=O)(=O)c2ccccc2F)CC1.Cl. The first-order valence-electron chi connectivity index (χ1n) is 9.00. The molecule has 1 aromatic rings. The van der Waals surface area contributed by atoms with Crippen molar-refractivity contribution in [3.05, 3.63) is 30.1 Å². The maximum absolute atomic E-state index is 13.8. The maximum atomic E-state index is 13.8. The molecule has 1 aliphatic heterocycles. The first-order valence-corrected chi connectivity index (χ1v) is 10.4. The van der Waals surface area contributed by atoms with Crippen LogP contribution in [0.2, 0.25) is 0 Å². The zero-order chi connectivity index (χ0) is 19.3. The van der Waals surface area contributed by atoms with Gasteiger partial charge in [0.2, 0.25) is 15.9 Å². The van der Waals surface area contributed by atoms with Gasteiger partial charge in [-0.3, -0.25) is 4.79 Å². The molecular weight excluding hydrogens is 393 g/mol. The van der Waals surface area contributed by atoms with E-state index >= 15 is 0 Å². The number of carbonyl (C=O) groups excluding carboxylic acids is 1. The van der Waals surface area contributed by atoms with Crippen LogP contribution in [-0.2, 0) is 14.8 Å². The molecule has 0 aliphatic carbocycles. The summed E-state index contributed by atoms with van der Waals surface area (Å²) in [7, 11) is -3.88. The first-order chi connectivity index (χ1) is 12.3. The lowest BCUT2D eigenvalue weighted by Gasteiger charge is -2.31. The molecule has 1 unspecified atom stereocenters. The van der Waals surface area contributed by atoms with E-state index in [9.17, 15) is 17.6 Å². The molecule has 0 bridgehead atoms. The molecule has 1 atom stereocenters. The highest BCUT2D eigenvalue weighted by atomic mass is 35.5. The molecule has 0 radical (unpaired) electrons. The highest BCUT2D eigenvalue weighted by Gasteiger charge is 2.33. The second-order valence-electron chi connectivity index (χ2n) is 7.18. The monoisotopic (exact) mass is 421 g/mol. The van der Waals surface area contributed by atoms with Crippen molar-refractivity contribution >= 4 is 28.3 Å². The minimum Gasteiger partial charge on any atom is -0.352 e. The van der Waals surface area contributed by atoms with Crippen LogP contribution >= 0.6 is 12.4 Å². The number of benzene rings is 1. The molecule has 1 amide bonds. The summed E-state index contributed by atoms with van der Waals surface area (Å²) < 4.78 is 40.3. The van der Waals surface area contributed by atoms with E-state index in [0.29, 0.717) is 25.3 Å². The van der Waals surface area contributed by atoms with Crippen molar-refractivity contribution in [1.29, 1.82) is 0 Å². The van der Waals surface area contributed by atoms with E-state index in [1.807, 2.05) is 0 Å². The predicted molar refractivity (Wildman–Crippen MR) is 106 cm³/mol. The average molecular weight is 422 g/mol. The van der Waals surface area contributed by atoms with Crippen LogP contribution in [0.5, 0.6) is 0 Å². The van der Waals surface area contributed by atoms with Crippen LogP contribution in [0.15, 0.2) is 29.2 Å². The molecule has 2 rings (SSSR count). The van der Waals surface area contributed by atoms with Gasteiger partial charge in [-0.05, 0) is 37.3 Å². The van der Waals surface area contributed by atoms with Crippen molar-refractivity contribution in [3.8, 4) is 0 Å². The second-order valence-corrected chi connectivity index (χ2v) is 9.09. The number of piperidine rings is 1. The maximum Gasteiger partial charge on any atom is 0.245 e. The third kappa shape index (κ3) is 6.14. The minimum absolute atomic E-state index is 0. The fourth-order valence-electron chi connectivity index (χ4n) is 3.25. The first kappa shape index (κ1) is 23.8. The Bertz CT molecular complexity index is 722. The van der Waals surface area contributed by atoms with Gasteiger partial charge >= 0.3 is 0 Å². The molecule has 0 aromatic heterocycles. The number of carbonyl (C=O) groups is 1. The Balaban J connectivity index is 0.00000364. The summed E-state index contributed by atoms with van der Waals surface area (Å²) in [6, 6.07) is 5.28. The van der Waals surface area contributed by atoms with Crippen LogP contribution in [-0.4, -0.2) is 44.3 Å². The third-order valence-electron chi connectivity index (χ3n) is 4.67. The van der Waals surface area contributed by atoms with Crippen LogP contribution < -0.4 is 11.1 Å². The normalized spacial score (nSPS) is 17.4. The Hall–Kier alpha value is -1.22. The summed E-state index contributed by atoms with van der Waals surface area (Å²) in [6.07, 6.45) is 1.64. The molecular formula is C18H29ClFN3O3S. The van der Waals surface area contributed by atoms with E-state index in [-0.39, 0.29) is 48.3 Å². The Kier molecular flexibility index (Phi) is 9.14. The van der Waals surface area contributed by atoms with Crippen LogP contribution in [0.1, 0.15) is 33.1 Å². The van der Waals surface area contributed by atoms with Gasteiger partial charge in [-0.25, -0.2) is 12.8 Å². The molecule has 0 spiro atoms. The largest absolute Gasteiger partial charge is 0.352 e. The van der Waals surface area contributed by atoms with Crippen LogP contribution in [0.3, 0.4) is 0 Å².